The van der Waals surface area contributed by atoms with E-state index in [4.69, 9.17) is 4.98 Å². The number of imidazole rings is 1. The third kappa shape index (κ3) is 1.73. The van der Waals surface area contributed by atoms with E-state index >= 15 is 0 Å². The summed E-state index contributed by atoms with van der Waals surface area (Å²) in [5.74, 6) is 3.65. The highest BCUT2D eigenvalue weighted by atomic mass is 15.1. The fourth-order valence-electron chi connectivity index (χ4n) is 4.01. The third-order valence-electron chi connectivity index (χ3n) is 4.59. The van der Waals surface area contributed by atoms with E-state index in [2.05, 4.69) is 32.3 Å². The highest BCUT2D eigenvalue weighted by Gasteiger charge is 2.32. The number of hydrogen-bond donors (Lipinski definition) is 0. The van der Waals surface area contributed by atoms with Crippen molar-refractivity contribution in [1.29, 1.82) is 0 Å². The lowest BCUT2D eigenvalue weighted by Crippen LogP contribution is -2.24. The lowest BCUT2D eigenvalue weighted by Gasteiger charge is -2.30. The summed E-state index contributed by atoms with van der Waals surface area (Å²) in [4.78, 5) is 4.97. The standard InChI is InChI=1S/C15H24N2/c1-9-5-11(3)15-13(7-9)17-12(4)6-10(2)8-14(17)16-15/h9-12H,5-8H2,1-4H3. The molecule has 1 aromatic heterocycles. The van der Waals surface area contributed by atoms with Gasteiger partial charge in [0.1, 0.15) is 5.82 Å². The zero-order valence-electron chi connectivity index (χ0n) is 11.5. The van der Waals surface area contributed by atoms with Crippen LogP contribution in [-0.2, 0) is 12.8 Å². The summed E-state index contributed by atoms with van der Waals surface area (Å²) in [5.41, 5.74) is 2.98. The largest absolute Gasteiger partial charge is 0.329 e. The lowest BCUT2D eigenvalue weighted by molar-refractivity contribution is 0.328. The number of hydrogen-bond acceptors (Lipinski definition) is 1. The molecular formula is C15H24N2. The second-order valence-corrected chi connectivity index (χ2v) is 6.57. The van der Waals surface area contributed by atoms with Gasteiger partial charge in [-0.2, -0.15) is 0 Å². The molecule has 17 heavy (non-hydrogen) atoms. The lowest BCUT2D eigenvalue weighted by atomic mass is 9.84. The predicted octanol–water partition coefficient (Wildman–Crippen LogP) is 3.71. The molecule has 0 saturated heterocycles. The Kier molecular flexibility index (Phi) is 2.57. The summed E-state index contributed by atoms with van der Waals surface area (Å²) in [6.07, 6.45) is 5.05. The Morgan fingerprint density at radius 1 is 1.00 bits per heavy atom. The first kappa shape index (κ1) is 11.3. The van der Waals surface area contributed by atoms with Crippen molar-refractivity contribution in [1.82, 2.24) is 9.55 Å². The van der Waals surface area contributed by atoms with Gasteiger partial charge in [0.15, 0.2) is 0 Å². The van der Waals surface area contributed by atoms with Gasteiger partial charge in [-0.1, -0.05) is 20.8 Å². The van der Waals surface area contributed by atoms with E-state index in [1.807, 2.05) is 0 Å². The monoisotopic (exact) mass is 232 g/mol. The normalized spacial score (nSPS) is 36.5. The van der Waals surface area contributed by atoms with Crippen molar-refractivity contribution >= 4 is 0 Å². The molecule has 1 aliphatic heterocycles. The number of fused-ring (bicyclic) bond motifs is 3. The fourth-order valence-corrected chi connectivity index (χ4v) is 4.01. The molecule has 4 unspecified atom stereocenters. The van der Waals surface area contributed by atoms with Gasteiger partial charge in [-0.15, -0.1) is 0 Å². The molecule has 0 fully saturated rings. The highest BCUT2D eigenvalue weighted by Crippen LogP contribution is 2.39. The second kappa shape index (κ2) is 3.86. The average molecular weight is 232 g/mol. The first-order chi connectivity index (χ1) is 8.06. The molecule has 0 radical (unpaired) electrons. The molecule has 94 valence electrons. The summed E-state index contributed by atoms with van der Waals surface area (Å²) in [5, 5.41) is 0. The van der Waals surface area contributed by atoms with Crippen molar-refractivity contribution < 1.29 is 0 Å². The molecule has 1 aliphatic carbocycles. The molecule has 0 spiro atoms. The topological polar surface area (TPSA) is 17.8 Å². The van der Waals surface area contributed by atoms with E-state index in [9.17, 15) is 0 Å². The minimum Gasteiger partial charge on any atom is -0.329 e. The Morgan fingerprint density at radius 2 is 1.71 bits per heavy atom. The molecule has 3 rings (SSSR count). The summed E-state index contributed by atoms with van der Waals surface area (Å²) in [7, 11) is 0. The smallest absolute Gasteiger partial charge is 0.109 e. The van der Waals surface area contributed by atoms with Gasteiger partial charge in [0, 0.05) is 24.1 Å². The molecule has 0 saturated carbocycles. The van der Waals surface area contributed by atoms with E-state index in [1.165, 1.54) is 37.2 Å². The first-order valence-electron chi connectivity index (χ1n) is 7.16. The zero-order valence-corrected chi connectivity index (χ0v) is 11.5. The third-order valence-corrected chi connectivity index (χ3v) is 4.59. The average Bonchev–Trinajstić information content (AvgIpc) is 2.56. The van der Waals surface area contributed by atoms with E-state index in [0.717, 1.165) is 11.8 Å². The molecule has 2 heteroatoms. The quantitative estimate of drug-likeness (QED) is 0.666. The zero-order chi connectivity index (χ0) is 12.2. The summed E-state index contributed by atoms with van der Waals surface area (Å²) in [6, 6.07) is 0.655. The van der Waals surface area contributed by atoms with Crippen LogP contribution in [0, 0.1) is 11.8 Å². The maximum absolute atomic E-state index is 4.97. The summed E-state index contributed by atoms with van der Waals surface area (Å²) < 4.78 is 2.57. The molecule has 4 atom stereocenters. The Balaban J connectivity index is 2.09. The minimum atomic E-state index is 0.655. The molecule has 2 nitrogen and oxygen atoms in total. The Labute approximate surface area is 104 Å². The van der Waals surface area contributed by atoms with Crippen molar-refractivity contribution in [2.45, 2.75) is 65.3 Å². The summed E-state index contributed by atoms with van der Waals surface area (Å²) in [6.45, 7) is 9.46. The van der Waals surface area contributed by atoms with E-state index < -0.39 is 0 Å². The van der Waals surface area contributed by atoms with Gasteiger partial charge in [0.2, 0.25) is 0 Å². The van der Waals surface area contributed by atoms with Gasteiger partial charge in [0.05, 0.1) is 5.69 Å². The molecular weight excluding hydrogens is 208 g/mol. The van der Waals surface area contributed by atoms with Crippen LogP contribution in [0.15, 0.2) is 0 Å². The van der Waals surface area contributed by atoms with Gasteiger partial charge < -0.3 is 4.57 Å². The molecule has 2 aliphatic rings. The highest BCUT2D eigenvalue weighted by molar-refractivity contribution is 5.26. The van der Waals surface area contributed by atoms with Gasteiger partial charge in [0.25, 0.3) is 0 Å². The van der Waals surface area contributed by atoms with E-state index in [-0.39, 0.29) is 0 Å². The van der Waals surface area contributed by atoms with Crippen LogP contribution in [0.4, 0.5) is 0 Å². The Morgan fingerprint density at radius 3 is 2.47 bits per heavy atom. The maximum Gasteiger partial charge on any atom is 0.109 e. The van der Waals surface area contributed by atoms with Crippen LogP contribution >= 0.6 is 0 Å². The molecule has 0 aromatic carbocycles. The Hall–Kier alpha value is -0.790. The molecule has 0 amide bonds. The van der Waals surface area contributed by atoms with Gasteiger partial charge in [-0.25, -0.2) is 4.98 Å². The number of rotatable bonds is 0. The van der Waals surface area contributed by atoms with Gasteiger partial charge in [-0.3, -0.25) is 0 Å². The first-order valence-corrected chi connectivity index (χ1v) is 7.16. The van der Waals surface area contributed by atoms with Crippen LogP contribution in [0.3, 0.4) is 0 Å². The minimum absolute atomic E-state index is 0.655. The Bertz CT molecular complexity index is 432. The number of aromatic nitrogens is 2. The van der Waals surface area contributed by atoms with Crippen LogP contribution in [0.2, 0.25) is 0 Å². The van der Waals surface area contributed by atoms with Crippen molar-refractivity contribution in [2.75, 3.05) is 0 Å². The molecule has 0 N–H and O–H groups in total. The molecule has 0 bridgehead atoms. The van der Waals surface area contributed by atoms with E-state index in [1.54, 1.807) is 5.69 Å². The second-order valence-electron chi connectivity index (χ2n) is 6.57. The maximum atomic E-state index is 4.97. The van der Waals surface area contributed by atoms with Crippen LogP contribution in [0.1, 0.15) is 69.7 Å². The molecule has 1 aromatic rings. The molecule has 2 heterocycles. The van der Waals surface area contributed by atoms with Crippen molar-refractivity contribution in [3.05, 3.63) is 17.2 Å². The van der Waals surface area contributed by atoms with Gasteiger partial charge in [-0.05, 0) is 38.0 Å². The van der Waals surface area contributed by atoms with Crippen molar-refractivity contribution in [3.63, 3.8) is 0 Å². The van der Waals surface area contributed by atoms with E-state index in [0.29, 0.717) is 12.0 Å². The SMILES string of the molecule is CC1Cc2c(nc3n2C(C)CC(C)C3)C(C)C1. The van der Waals surface area contributed by atoms with Crippen molar-refractivity contribution in [3.8, 4) is 0 Å². The van der Waals surface area contributed by atoms with Crippen molar-refractivity contribution in [2.24, 2.45) is 11.8 Å². The van der Waals surface area contributed by atoms with Crippen LogP contribution in [-0.4, -0.2) is 9.55 Å². The number of nitrogens with zero attached hydrogens (tertiary/aromatic N) is 2. The summed E-state index contributed by atoms with van der Waals surface area (Å²) >= 11 is 0. The van der Waals surface area contributed by atoms with Crippen LogP contribution < -0.4 is 0 Å². The predicted molar refractivity (Wildman–Crippen MR) is 70.3 cm³/mol. The van der Waals surface area contributed by atoms with Gasteiger partial charge >= 0.3 is 0 Å². The van der Waals surface area contributed by atoms with Crippen LogP contribution in [0.5, 0.6) is 0 Å². The fraction of sp³-hybridized carbons (Fsp3) is 0.800. The van der Waals surface area contributed by atoms with Crippen LogP contribution in [0.25, 0.3) is 0 Å².